The zero-order valence-corrected chi connectivity index (χ0v) is 17.9. The first-order valence-electron chi connectivity index (χ1n) is 8.81. The van der Waals surface area contributed by atoms with Crippen LogP contribution < -0.4 is 19.9 Å². The summed E-state index contributed by atoms with van der Waals surface area (Å²) < 4.78 is 56.2. The predicted molar refractivity (Wildman–Crippen MR) is 116 cm³/mol. The van der Waals surface area contributed by atoms with Gasteiger partial charge in [-0.15, -0.1) is 0 Å². The van der Waals surface area contributed by atoms with Gasteiger partial charge in [0.2, 0.25) is 10.0 Å². The van der Waals surface area contributed by atoms with Crippen molar-refractivity contribution < 1.29 is 26.4 Å². The lowest BCUT2D eigenvalue weighted by Gasteiger charge is -2.14. The summed E-state index contributed by atoms with van der Waals surface area (Å²) in [6.07, 6.45) is 0. The van der Waals surface area contributed by atoms with E-state index in [-0.39, 0.29) is 21.0 Å². The van der Waals surface area contributed by atoms with Gasteiger partial charge in [0.05, 0.1) is 33.8 Å². The molecule has 11 heteroatoms. The normalized spacial score (nSPS) is 11.5. The molecule has 0 spiro atoms. The predicted octanol–water partition coefficient (Wildman–Crippen LogP) is 2.40. The number of benzene rings is 3. The fraction of sp³-hybridized carbons (Fsp3) is 0.0500. The van der Waals surface area contributed by atoms with Crippen LogP contribution in [0, 0.1) is 0 Å². The standard InChI is InChI=1S/C20H19N3O6S2/c1-29-19-12-5-4-11-18(19)22-20(24)16-9-2-3-10-17(16)23-31(27,28)15-8-6-7-14(13-15)30(21,25)26/h2-13,23H,1H3,(H,22,24)(H2,21,25,26). The molecule has 162 valence electrons. The molecule has 0 radical (unpaired) electrons. The van der Waals surface area contributed by atoms with Crippen molar-refractivity contribution in [1.82, 2.24) is 0 Å². The maximum atomic E-state index is 12.8. The van der Waals surface area contributed by atoms with Crippen molar-refractivity contribution in [2.75, 3.05) is 17.1 Å². The van der Waals surface area contributed by atoms with E-state index in [1.165, 1.54) is 37.4 Å². The minimum atomic E-state index is -4.21. The molecule has 31 heavy (non-hydrogen) atoms. The van der Waals surface area contributed by atoms with Crippen LogP contribution in [0.3, 0.4) is 0 Å². The average molecular weight is 462 g/mol. The number of anilines is 2. The lowest BCUT2D eigenvalue weighted by atomic mass is 10.1. The largest absolute Gasteiger partial charge is 0.495 e. The van der Waals surface area contributed by atoms with E-state index in [4.69, 9.17) is 9.88 Å². The maximum Gasteiger partial charge on any atom is 0.261 e. The monoisotopic (exact) mass is 461 g/mol. The third kappa shape index (κ3) is 5.20. The number of hydrogen-bond donors (Lipinski definition) is 3. The molecule has 3 aromatic carbocycles. The summed E-state index contributed by atoms with van der Waals surface area (Å²) >= 11 is 0. The van der Waals surface area contributed by atoms with Gasteiger partial charge in [-0.3, -0.25) is 9.52 Å². The fourth-order valence-corrected chi connectivity index (χ4v) is 4.49. The first-order valence-corrected chi connectivity index (χ1v) is 11.8. The molecule has 3 aromatic rings. The highest BCUT2D eigenvalue weighted by Gasteiger charge is 2.21. The summed E-state index contributed by atoms with van der Waals surface area (Å²) in [5.41, 5.74) is 0.476. The molecule has 0 aliphatic heterocycles. The van der Waals surface area contributed by atoms with E-state index in [0.29, 0.717) is 11.4 Å². The second-order valence-corrected chi connectivity index (χ2v) is 9.57. The number of nitrogens with two attached hydrogens (primary N) is 1. The average Bonchev–Trinajstić information content (AvgIpc) is 2.73. The lowest BCUT2D eigenvalue weighted by Crippen LogP contribution is -2.19. The number of rotatable bonds is 7. The zero-order chi connectivity index (χ0) is 22.6. The molecule has 0 unspecified atom stereocenters. The molecular weight excluding hydrogens is 442 g/mol. The van der Waals surface area contributed by atoms with E-state index in [1.807, 2.05) is 0 Å². The van der Waals surface area contributed by atoms with Gasteiger partial charge in [-0.1, -0.05) is 30.3 Å². The second-order valence-electron chi connectivity index (χ2n) is 6.33. The molecule has 0 fully saturated rings. The molecule has 9 nitrogen and oxygen atoms in total. The molecule has 0 saturated heterocycles. The van der Waals surface area contributed by atoms with Crippen LogP contribution in [-0.2, 0) is 20.0 Å². The first kappa shape index (κ1) is 22.3. The minimum absolute atomic E-state index is 0.0101. The van der Waals surface area contributed by atoms with Crippen LogP contribution in [0.25, 0.3) is 0 Å². The van der Waals surface area contributed by atoms with E-state index in [1.54, 1.807) is 36.4 Å². The zero-order valence-electron chi connectivity index (χ0n) is 16.3. The van der Waals surface area contributed by atoms with E-state index in [9.17, 15) is 21.6 Å². The molecule has 0 atom stereocenters. The molecule has 4 N–H and O–H groups in total. The van der Waals surface area contributed by atoms with Crippen LogP contribution in [0.15, 0.2) is 82.6 Å². The summed E-state index contributed by atoms with van der Waals surface area (Å²) in [5, 5.41) is 7.75. The van der Waals surface area contributed by atoms with E-state index in [0.717, 1.165) is 6.07 Å². The van der Waals surface area contributed by atoms with Gasteiger partial charge in [0, 0.05) is 0 Å². The van der Waals surface area contributed by atoms with E-state index >= 15 is 0 Å². The molecule has 0 aliphatic rings. The third-order valence-electron chi connectivity index (χ3n) is 4.22. The van der Waals surface area contributed by atoms with Crippen molar-refractivity contribution in [2.45, 2.75) is 9.79 Å². The minimum Gasteiger partial charge on any atom is -0.495 e. The Labute approximate surface area is 180 Å². The van der Waals surface area contributed by atoms with Gasteiger partial charge in [-0.2, -0.15) is 0 Å². The number of carbonyl (C=O) groups is 1. The number of carbonyl (C=O) groups excluding carboxylic acids is 1. The molecule has 0 aromatic heterocycles. The van der Waals surface area contributed by atoms with Crippen LogP contribution in [0.1, 0.15) is 10.4 Å². The van der Waals surface area contributed by atoms with Crippen LogP contribution in [0.2, 0.25) is 0 Å². The van der Waals surface area contributed by atoms with E-state index < -0.39 is 26.0 Å². The molecular formula is C20H19N3O6S2. The lowest BCUT2D eigenvalue weighted by molar-refractivity contribution is 0.102. The van der Waals surface area contributed by atoms with Gasteiger partial charge in [0.25, 0.3) is 15.9 Å². The SMILES string of the molecule is COc1ccccc1NC(=O)c1ccccc1NS(=O)(=O)c1cccc(S(N)(=O)=O)c1. The highest BCUT2D eigenvalue weighted by atomic mass is 32.2. The number of methoxy groups -OCH3 is 1. The Morgan fingerprint density at radius 2 is 1.45 bits per heavy atom. The molecule has 0 bridgehead atoms. The van der Waals surface area contributed by atoms with E-state index in [2.05, 4.69) is 10.0 Å². The molecule has 0 aliphatic carbocycles. The highest BCUT2D eigenvalue weighted by molar-refractivity contribution is 7.93. The molecule has 0 heterocycles. The number of para-hydroxylation sites is 3. The van der Waals surface area contributed by atoms with Crippen molar-refractivity contribution in [1.29, 1.82) is 0 Å². The molecule has 1 amide bonds. The topological polar surface area (TPSA) is 145 Å². The maximum absolute atomic E-state index is 12.8. The van der Waals surface area contributed by atoms with Crippen LogP contribution in [-0.4, -0.2) is 29.9 Å². The number of primary sulfonamides is 1. The Morgan fingerprint density at radius 3 is 2.13 bits per heavy atom. The molecule has 0 saturated carbocycles. The number of sulfonamides is 2. The summed E-state index contributed by atoms with van der Waals surface area (Å²) in [6, 6.07) is 17.4. The highest BCUT2D eigenvalue weighted by Crippen LogP contribution is 2.26. The number of nitrogens with one attached hydrogen (secondary N) is 2. The van der Waals surface area contributed by atoms with Crippen molar-refractivity contribution in [3.8, 4) is 5.75 Å². The molecule has 3 rings (SSSR count). The van der Waals surface area contributed by atoms with Gasteiger partial charge in [-0.05, 0) is 42.5 Å². The third-order valence-corrected chi connectivity index (χ3v) is 6.49. The summed E-state index contributed by atoms with van der Waals surface area (Å²) in [6.45, 7) is 0. The van der Waals surface area contributed by atoms with Crippen molar-refractivity contribution in [2.24, 2.45) is 5.14 Å². The Morgan fingerprint density at radius 1 is 0.839 bits per heavy atom. The summed E-state index contributed by atoms with van der Waals surface area (Å²) in [5.74, 6) is -0.130. The number of hydrogen-bond acceptors (Lipinski definition) is 6. The van der Waals surface area contributed by atoms with Gasteiger partial charge in [0.1, 0.15) is 5.75 Å². The van der Waals surface area contributed by atoms with Gasteiger partial charge in [0.15, 0.2) is 0 Å². The van der Waals surface area contributed by atoms with Gasteiger partial charge in [-0.25, -0.2) is 22.0 Å². The van der Waals surface area contributed by atoms with Crippen molar-refractivity contribution >= 4 is 37.3 Å². The van der Waals surface area contributed by atoms with Crippen LogP contribution in [0.4, 0.5) is 11.4 Å². The number of ether oxygens (including phenoxy) is 1. The Balaban J connectivity index is 1.93. The first-order chi connectivity index (χ1) is 14.6. The Kier molecular flexibility index (Phi) is 6.29. The second kappa shape index (κ2) is 8.76. The Bertz CT molecular complexity index is 1340. The Hall–Kier alpha value is -3.41. The fourth-order valence-electron chi connectivity index (χ4n) is 2.73. The summed E-state index contributed by atoms with van der Waals surface area (Å²) in [7, 11) is -6.84. The van der Waals surface area contributed by atoms with Crippen molar-refractivity contribution in [3.63, 3.8) is 0 Å². The smallest absolute Gasteiger partial charge is 0.261 e. The van der Waals surface area contributed by atoms with Gasteiger partial charge < -0.3 is 10.1 Å². The van der Waals surface area contributed by atoms with Crippen LogP contribution in [0.5, 0.6) is 5.75 Å². The van der Waals surface area contributed by atoms with Crippen LogP contribution >= 0.6 is 0 Å². The summed E-state index contributed by atoms with van der Waals surface area (Å²) in [4.78, 5) is 12.1. The van der Waals surface area contributed by atoms with Crippen molar-refractivity contribution in [3.05, 3.63) is 78.4 Å². The number of amides is 1. The quantitative estimate of drug-likeness (QED) is 0.493. The van der Waals surface area contributed by atoms with Gasteiger partial charge >= 0.3 is 0 Å².